The van der Waals surface area contributed by atoms with Crippen LogP contribution in [0.1, 0.15) is 40.0 Å². The predicted octanol–water partition coefficient (Wildman–Crippen LogP) is 2.73. The van der Waals surface area contributed by atoms with Crippen molar-refractivity contribution in [2.24, 2.45) is 5.92 Å². The summed E-state index contributed by atoms with van der Waals surface area (Å²) >= 11 is 0. The molecule has 1 rings (SSSR count). The summed E-state index contributed by atoms with van der Waals surface area (Å²) in [4.78, 5) is 0. The Morgan fingerprint density at radius 1 is 1.33 bits per heavy atom. The van der Waals surface area contributed by atoms with Gasteiger partial charge in [-0.25, -0.2) is 0 Å². The molecule has 0 aromatic carbocycles. The number of nitrogens with one attached hydrogen (secondary N) is 1. The van der Waals surface area contributed by atoms with Crippen LogP contribution < -0.4 is 5.32 Å². The largest absolute Gasteiger partial charge is 0.316 e. The van der Waals surface area contributed by atoms with E-state index in [1.165, 1.54) is 32.4 Å². The molecular formula is C11H21N. The van der Waals surface area contributed by atoms with Crippen molar-refractivity contribution in [3.63, 3.8) is 0 Å². The molecule has 1 aliphatic heterocycles. The van der Waals surface area contributed by atoms with Crippen LogP contribution in [-0.2, 0) is 0 Å². The molecule has 0 saturated carbocycles. The topological polar surface area (TPSA) is 12.0 Å². The summed E-state index contributed by atoms with van der Waals surface area (Å²) in [5.74, 6) is 0.833. The Morgan fingerprint density at radius 3 is 2.42 bits per heavy atom. The van der Waals surface area contributed by atoms with Gasteiger partial charge in [0.05, 0.1) is 0 Å². The van der Waals surface area contributed by atoms with Gasteiger partial charge >= 0.3 is 0 Å². The fraction of sp³-hybridized carbons (Fsp3) is 0.818. The smallest absolute Gasteiger partial charge is 0.00173 e. The molecule has 1 nitrogen and oxygen atoms in total. The zero-order valence-electron chi connectivity index (χ0n) is 8.61. The van der Waals surface area contributed by atoms with E-state index in [4.69, 9.17) is 0 Å². The van der Waals surface area contributed by atoms with Crippen LogP contribution in [0, 0.1) is 5.92 Å². The molecule has 0 amide bonds. The van der Waals surface area contributed by atoms with E-state index in [2.05, 4.69) is 26.1 Å². The summed E-state index contributed by atoms with van der Waals surface area (Å²) in [5.41, 5.74) is 3.33. The standard InChI is InChI=1S/C11H21N/c1-4-10(5-2)9(3)11-6-7-12-8-11/h11-12H,4-8H2,1-3H3. The molecule has 1 atom stereocenters. The number of allylic oxidation sites excluding steroid dienone is 1. The summed E-state index contributed by atoms with van der Waals surface area (Å²) in [6.45, 7) is 9.27. The van der Waals surface area contributed by atoms with E-state index in [1.54, 1.807) is 11.1 Å². The van der Waals surface area contributed by atoms with E-state index in [1.807, 2.05) is 0 Å². The molecule has 0 radical (unpaired) electrons. The van der Waals surface area contributed by atoms with Gasteiger partial charge in [0, 0.05) is 6.54 Å². The molecule has 1 N–H and O–H groups in total. The quantitative estimate of drug-likeness (QED) is 0.637. The molecule has 1 heterocycles. The van der Waals surface area contributed by atoms with Gasteiger partial charge in [0.15, 0.2) is 0 Å². The van der Waals surface area contributed by atoms with Gasteiger partial charge in [-0.05, 0) is 38.6 Å². The molecule has 70 valence electrons. The molecule has 1 saturated heterocycles. The highest BCUT2D eigenvalue weighted by atomic mass is 14.9. The molecule has 0 spiro atoms. The molecule has 12 heavy (non-hydrogen) atoms. The van der Waals surface area contributed by atoms with Gasteiger partial charge in [-0.2, -0.15) is 0 Å². The lowest BCUT2D eigenvalue weighted by Gasteiger charge is -2.14. The maximum absolute atomic E-state index is 3.42. The van der Waals surface area contributed by atoms with Crippen LogP contribution in [-0.4, -0.2) is 13.1 Å². The third kappa shape index (κ3) is 2.10. The van der Waals surface area contributed by atoms with Crippen molar-refractivity contribution in [3.05, 3.63) is 11.1 Å². The highest BCUT2D eigenvalue weighted by molar-refractivity contribution is 5.16. The zero-order chi connectivity index (χ0) is 8.97. The van der Waals surface area contributed by atoms with Gasteiger partial charge in [0.1, 0.15) is 0 Å². The summed E-state index contributed by atoms with van der Waals surface area (Å²) in [6, 6.07) is 0. The van der Waals surface area contributed by atoms with Gasteiger partial charge in [-0.15, -0.1) is 0 Å². The molecular weight excluding hydrogens is 146 g/mol. The van der Waals surface area contributed by atoms with Crippen molar-refractivity contribution in [2.75, 3.05) is 13.1 Å². The second-order valence-corrected chi connectivity index (χ2v) is 3.68. The molecule has 1 fully saturated rings. The molecule has 0 bridgehead atoms. The van der Waals surface area contributed by atoms with E-state index in [0.717, 1.165) is 5.92 Å². The van der Waals surface area contributed by atoms with Gasteiger partial charge in [-0.3, -0.25) is 0 Å². The molecule has 0 aromatic heterocycles. The van der Waals surface area contributed by atoms with Crippen molar-refractivity contribution in [1.82, 2.24) is 5.32 Å². The first-order valence-corrected chi connectivity index (χ1v) is 5.18. The van der Waals surface area contributed by atoms with Crippen LogP contribution >= 0.6 is 0 Å². The second kappa shape index (κ2) is 4.66. The summed E-state index contributed by atoms with van der Waals surface area (Å²) in [6.07, 6.45) is 3.81. The average Bonchev–Trinajstić information content (AvgIpc) is 2.58. The molecule has 1 unspecified atom stereocenters. The molecule has 0 aliphatic carbocycles. The highest BCUT2D eigenvalue weighted by Gasteiger charge is 2.17. The zero-order valence-corrected chi connectivity index (χ0v) is 8.61. The Morgan fingerprint density at radius 2 is 2.00 bits per heavy atom. The van der Waals surface area contributed by atoms with Gasteiger partial charge < -0.3 is 5.32 Å². The van der Waals surface area contributed by atoms with Crippen LogP contribution in [0.25, 0.3) is 0 Å². The lowest BCUT2D eigenvalue weighted by molar-refractivity contribution is 0.662. The minimum absolute atomic E-state index is 0.833. The first-order valence-electron chi connectivity index (χ1n) is 5.18. The Hall–Kier alpha value is -0.300. The van der Waals surface area contributed by atoms with Gasteiger partial charge in [0.25, 0.3) is 0 Å². The highest BCUT2D eigenvalue weighted by Crippen LogP contribution is 2.24. The van der Waals surface area contributed by atoms with E-state index < -0.39 is 0 Å². The first kappa shape index (κ1) is 9.79. The Labute approximate surface area is 76.2 Å². The van der Waals surface area contributed by atoms with E-state index >= 15 is 0 Å². The number of hydrogen-bond acceptors (Lipinski definition) is 1. The summed E-state index contributed by atoms with van der Waals surface area (Å²) in [7, 11) is 0. The normalized spacial score (nSPS) is 22.8. The van der Waals surface area contributed by atoms with Crippen molar-refractivity contribution >= 4 is 0 Å². The van der Waals surface area contributed by atoms with E-state index in [9.17, 15) is 0 Å². The van der Waals surface area contributed by atoms with Gasteiger partial charge in [-0.1, -0.05) is 25.0 Å². The number of hydrogen-bond donors (Lipinski definition) is 1. The maximum Gasteiger partial charge on any atom is 0.00173 e. The SMILES string of the molecule is CCC(CC)=C(C)C1CCNC1. The van der Waals surface area contributed by atoms with E-state index in [0.29, 0.717) is 0 Å². The predicted molar refractivity (Wildman–Crippen MR) is 54.3 cm³/mol. The summed E-state index contributed by atoms with van der Waals surface area (Å²) < 4.78 is 0. The first-order chi connectivity index (χ1) is 5.79. The van der Waals surface area contributed by atoms with Crippen LogP contribution in [0.5, 0.6) is 0 Å². The molecule has 1 heteroatoms. The van der Waals surface area contributed by atoms with Crippen LogP contribution in [0.15, 0.2) is 11.1 Å². The van der Waals surface area contributed by atoms with Crippen LogP contribution in [0.2, 0.25) is 0 Å². The lowest BCUT2D eigenvalue weighted by atomic mass is 9.92. The number of rotatable bonds is 3. The fourth-order valence-electron chi connectivity index (χ4n) is 2.12. The maximum atomic E-state index is 3.42. The third-order valence-corrected chi connectivity index (χ3v) is 3.08. The van der Waals surface area contributed by atoms with Crippen molar-refractivity contribution in [3.8, 4) is 0 Å². The third-order valence-electron chi connectivity index (χ3n) is 3.08. The Balaban J connectivity index is 2.63. The lowest BCUT2D eigenvalue weighted by Crippen LogP contribution is -2.10. The van der Waals surface area contributed by atoms with Crippen LogP contribution in [0.4, 0.5) is 0 Å². The second-order valence-electron chi connectivity index (χ2n) is 3.68. The Bertz CT molecular complexity index is 158. The van der Waals surface area contributed by atoms with Crippen molar-refractivity contribution in [2.45, 2.75) is 40.0 Å². The minimum atomic E-state index is 0.833. The fourth-order valence-corrected chi connectivity index (χ4v) is 2.12. The average molecular weight is 167 g/mol. The van der Waals surface area contributed by atoms with E-state index in [-0.39, 0.29) is 0 Å². The monoisotopic (exact) mass is 167 g/mol. The molecule has 1 aliphatic rings. The van der Waals surface area contributed by atoms with Crippen LogP contribution in [0.3, 0.4) is 0 Å². The van der Waals surface area contributed by atoms with Crippen molar-refractivity contribution in [1.29, 1.82) is 0 Å². The summed E-state index contributed by atoms with van der Waals surface area (Å²) in [5, 5.41) is 3.42. The van der Waals surface area contributed by atoms with Crippen molar-refractivity contribution < 1.29 is 0 Å². The molecule has 0 aromatic rings. The Kier molecular flexibility index (Phi) is 3.80. The van der Waals surface area contributed by atoms with Gasteiger partial charge in [0.2, 0.25) is 0 Å². The minimum Gasteiger partial charge on any atom is -0.316 e.